The Morgan fingerprint density at radius 3 is 1.60 bits per heavy atom. The van der Waals surface area contributed by atoms with Crippen molar-refractivity contribution in [1.82, 2.24) is 6.15 Å². The summed E-state index contributed by atoms with van der Waals surface area (Å²) in [5, 5.41) is 7.87. The van der Waals surface area contributed by atoms with Crippen molar-refractivity contribution in [3.8, 4) is 0 Å². The molecule has 6 heteroatoms. The Hall–Kier alpha value is -0.170. The number of rotatable bonds is 13. The first kappa shape index (κ1) is 22.1. The summed E-state index contributed by atoms with van der Waals surface area (Å²) in [6, 6.07) is 0. The van der Waals surface area contributed by atoms with Gasteiger partial charge in [0, 0.05) is 0 Å². The minimum absolute atomic E-state index is 0. The summed E-state index contributed by atoms with van der Waals surface area (Å²) in [6.45, 7) is 1.72. The van der Waals surface area contributed by atoms with Gasteiger partial charge in [-0.15, -0.1) is 0 Å². The van der Waals surface area contributed by atoms with Crippen molar-refractivity contribution >= 4 is 10.1 Å². The maximum absolute atomic E-state index is 10.8. The van der Waals surface area contributed by atoms with Gasteiger partial charge in [-0.2, -0.15) is 8.42 Å². The van der Waals surface area contributed by atoms with Crippen LogP contribution in [0, 0.1) is 0 Å². The van der Waals surface area contributed by atoms with E-state index in [0.29, 0.717) is 6.42 Å². The highest BCUT2D eigenvalue weighted by Gasteiger charge is 2.20. The molecule has 0 aliphatic carbocycles. The molecule has 0 spiro atoms. The third kappa shape index (κ3) is 12.8. The van der Waals surface area contributed by atoms with E-state index in [4.69, 9.17) is 9.66 Å². The van der Waals surface area contributed by atoms with E-state index < -0.39 is 22.0 Å². The summed E-state index contributed by atoms with van der Waals surface area (Å²) < 4.78 is 30.5. The zero-order chi connectivity index (χ0) is 14.6. The summed E-state index contributed by atoms with van der Waals surface area (Å²) in [5.74, 6) is 0. The Kier molecular flexibility index (Phi) is 15.3. The van der Waals surface area contributed by atoms with Gasteiger partial charge in [-0.05, 0) is 6.42 Å². The predicted molar refractivity (Wildman–Crippen MR) is 83.9 cm³/mol. The van der Waals surface area contributed by atoms with E-state index in [2.05, 4.69) is 6.92 Å². The summed E-state index contributed by atoms with van der Waals surface area (Å²) in [7, 11) is -4.08. The van der Waals surface area contributed by atoms with Crippen LogP contribution in [0.3, 0.4) is 0 Å². The zero-order valence-electron chi connectivity index (χ0n) is 12.9. The second-order valence-electron chi connectivity index (χ2n) is 5.29. The molecule has 0 aliphatic heterocycles. The molecule has 0 saturated heterocycles. The Morgan fingerprint density at radius 1 is 0.850 bits per heavy atom. The molecule has 124 valence electrons. The van der Waals surface area contributed by atoms with Gasteiger partial charge in [0.25, 0.3) is 10.1 Å². The van der Waals surface area contributed by atoms with Gasteiger partial charge in [-0.25, -0.2) is 0 Å². The maximum Gasteiger partial charge on any atom is 0.270 e. The fourth-order valence-corrected chi connectivity index (χ4v) is 2.85. The zero-order valence-corrected chi connectivity index (χ0v) is 13.7. The molecule has 0 rings (SSSR count). The SMILES string of the molecule is CCCCCCCCCCCCC(CO)S(=O)(=O)O.N. The fourth-order valence-electron chi connectivity index (χ4n) is 2.19. The van der Waals surface area contributed by atoms with E-state index in [0.717, 1.165) is 19.3 Å². The number of hydrogen-bond donors (Lipinski definition) is 3. The molecule has 0 aromatic carbocycles. The lowest BCUT2D eigenvalue weighted by molar-refractivity contribution is 0.276. The van der Waals surface area contributed by atoms with Crippen LogP contribution in [0.15, 0.2) is 0 Å². The molecule has 0 heterocycles. The summed E-state index contributed by atoms with van der Waals surface area (Å²) >= 11 is 0. The van der Waals surface area contributed by atoms with Crippen LogP contribution in [-0.4, -0.2) is 29.9 Å². The molecule has 0 aromatic rings. The first-order valence-electron chi connectivity index (χ1n) is 7.59. The van der Waals surface area contributed by atoms with Crippen LogP contribution in [0.1, 0.15) is 77.6 Å². The van der Waals surface area contributed by atoms with E-state index in [1.807, 2.05) is 0 Å². The van der Waals surface area contributed by atoms with E-state index in [9.17, 15) is 8.42 Å². The van der Waals surface area contributed by atoms with Crippen LogP contribution in [0.25, 0.3) is 0 Å². The lowest BCUT2D eigenvalue weighted by Crippen LogP contribution is -2.24. The van der Waals surface area contributed by atoms with Gasteiger partial charge in [0.15, 0.2) is 0 Å². The second-order valence-corrected chi connectivity index (χ2v) is 6.99. The quantitative estimate of drug-likeness (QED) is 0.355. The third-order valence-electron chi connectivity index (χ3n) is 3.50. The molecular formula is C14H33NO4S. The van der Waals surface area contributed by atoms with Crippen LogP contribution >= 0.6 is 0 Å². The largest absolute Gasteiger partial charge is 0.395 e. The van der Waals surface area contributed by atoms with Crippen molar-refractivity contribution in [2.75, 3.05) is 6.61 Å². The predicted octanol–water partition coefficient (Wildman–Crippen LogP) is 3.71. The Bertz CT molecular complexity index is 294. The van der Waals surface area contributed by atoms with Crippen molar-refractivity contribution in [2.45, 2.75) is 82.8 Å². The molecule has 0 aliphatic rings. The molecule has 0 bridgehead atoms. The molecule has 5 nitrogen and oxygen atoms in total. The lowest BCUT2D eigenvalue weighted by atomic mass is 10.1. The van der Waals surface area contributed by atoms with E-state index in [1.54, 1.807) is 0 Å². The minimum Gasteiger partial charge on any atom is -0.395 e. The lowest BCUT2D eigenvalue weighted by Gasteiger charge is -2.10. The fraction of sp³-hybridized carbons (Fsp3) is 1.00. The number of aliphatic hydroxyl groups excluding tert-OH is 1. The standard InChI is InChI=1S/C14H30O4S.H3N/c1-2-3-4-5-6-7-8-9-10-11-12-14(13-15)19(16,17)18;/h14-15H,2-13H2,1H3,(H,16,17,18);1H3. The van der Waals surface area contributed by atoms with E-state index >= 15 is 0 Å². The average molecular weight is 311 g/mol. The first-order chi connectivity index (χ1) is 9.02. The highest BCUT2D eigenvalue weighted by atomic mass is 32.2. The van der Waals surface area contributed by atoms with Gasteiger partial charge in [0.2, 0.25) is 0 Å². The van der Waals surface area contributed by atoms with Crippen LogP contribution in [0.2, 0.25) is 0 Å². The molecule has 0 saturated carbocycles. The van der Waals surface area contributed by atoms with Crippen LogP contribution < -0.4 is 6.15 Å². The normalized spacial score (nSPS) is 12.9. The Balaban J connectivity index is 0. The van der Waals surface area contributed by atoms with Gasteiger partial charge in [-0.1, -0.05) is 71.1 Å². The van der Waals surface area contributed by atoms with Gasteiger partial charge in [0.05, 0.1) is 6.61 Å². The van der Waals surface area contributed by atoms with Crippen molar-refractivity contribution in [3.05, 3.63) is 0 Å². The van der Waals surface area contributed by atoms with Gasteiger partial charge in [0.1, 0.15) is 5.25 Å². The minimum atomic E-state index is -4.08. The van der Waals surface area contributed by atoms with Crippen molar-refractivity contribution in [3.63, 3.8) is 0 Å². The molecule has 0 fully saturated rings. The highest BCUT2D eigenvalue weighted by molar-refractivity contribution is 7.86. The molecule has 0 radical (unpaired) electrons. The Labute approximate surface area is 124 Å². The van der Waals surface area contributed by atoms with E-state index in [-0.39, 0.29) is 6.15 Å². The monoisotopic (exact) mass is 311 g/mol. The summed E-state index contributed by atoms with van der Waals surface area (Å²) in [5.41, 5.74) is 0. The van der Waals surface area contributed by atoms with E-state index in [1.165, 1.54) is 44.9 Å². The molecular weight excluding hydrogens is 278 g/mol. The van der Waals surface area contributed by atoms with Crippen LogP contribution in [0.4, 0.5) is 0 Å². The molecule has 0 aromatic heterocycles. The number of unbranched alkanes of at least 4 members (excludes halogenated alkanes) is 9. The average Bonchev–Trinajstić information content (AvgIpc) is 2.34. The number of hydrogen-bond acceptors (Lipinski definition) is 4. The van der Waals surface area contributed by atoms with Gasteiger partial charge in [-0.3, -0.25) is 4.55 Å². The van der Waals surface area contributed by atoms with Crippen LogP contribution in [-0.2, 0) is 10.1 Å². The topological polar surface area (TPSA) is 110 Å². The van der Waals surface area contributed by atoms with Crippen molar-refractivity contribution in [1.29, 1.82) is 0 Å². The highest BCUT2D eigenvalue weighted by Crippen LogP contribution is 2.14. The molecule has 20 heavy (non-hydrogen) atoms. The molecule has 1 unspecified atom stereocenters. The Morgan fingerprint density at radius 2 is 1.25 bits per heavy atom. The summed E-state index contributed by atoms with van der Waals surface area (Å²) in [4.78, 5) is 0. The smallest absolute Gasteiger partial charge is 0.270 e. The molecule has 1 atom stereocenters. The maximum atomic E-state index is 10.8. The number of aliphatic hydroxyl groups is 1. The summed E-state index contributed by atoms with van der Waals surface area (Å²) in [6.07, 6.45) is 12.2. The second kappa shape index (κ2) is 13.8. The molecule has 0 amide bonds. The molecule has 5 N–H and O–H groups in total. The van der Waals surface area contributed by atoms with Gasteiger partial charge < -0.3 is 11.3 Å². The van der Waals surface area contributed by atoms with Crippen molar-refractivity contribution in [2.24, 2.45) is 0 Å². The van der Waals surface area contributed by atoms with Gasteiger partial charge >= 0.3 is 0 Å². The van der Waals surface area contributed by atoms with Crippen LogP contribution in [0.5, 0.6) is 0 Å². The first-order valence-corrected chi connectivity index (χ1v) is 9.09. The van der Waals surface area contributed by atoms with Crippen molar-refractivity contribution < 1.29 is 18.1 Å². The third-order valence-corrected chi connectivity index (χ3v) is 4.73.